The first-order valence-electron chi connectivity index (χ1n) is 4.97. The summed E-state index contributed by atoms with van der Waals surface area (Å²) in [5.74, 6) is 0. The number of nitrogens with zero attached hydrogens (tertiary/aromatic N) is 1. The SMILES string of the molecule is Cc1cc(C2(O)CCCC2)cnc1Br. The number of halogens is 1. The molecule has 0 unspecified atom stereocenters. The Balaban J connectivity index is 2.36. The molecule has 0 bridgehead atoms. The van der Waals surface area contributed by atoms with Crippen LogP contribution in [0.1, 0.15) is 36.8 Å². The van der Waals surface area contributed by atoms with Gasteiger partial charge >= 0.3 is 0 Å². The van der Waals surface area contributed by atoms with Crippen molar-refractivity contribution in [2.24, 2.45) is 0 Å². The molecular formula is C11H14BrNO. The van der Waals surface area contributed by atoms with Gasteiger partial charge in [-0.25, -0.2) is 4.98 Å². The Morgan fingerprint density at radius 2 is 2.07 bits per heavy atom. The minimum Gasteiger partial charge on any atom is -0.385 e. The molecule has 0 radical (unpaired) electrons. The fourth-order valence-electron chi connectivity index (χ4n) is 2.06. The Labute approximate surface area is 92.5 Å². The molecule has 0 spiro atoms. The predicted octanol–water partition coefficient (Wildman–Crippen LogP) is 2.91. The highest BCUT2D eigenvalue weighted by atomic mass is 79.9. The summed E-state index contributed by atoms with van der Waals surface area (Å²) in [6.07, 6.45) is 5.76. The Hall–Kier alpha value is -0.410. The van der Waals surface area contributed by atoms with Crippen LogP contribution in [0.15, 0.2) is 16.9 Å². The summed E-state index contributed by atoms with van der Waals surface area (Å²) in [4.78, 5) is 4.23. The van der Waals surface area contributed by atoms with E-state index in [2.05, 4.69) is 20.9 Å². The summed E-state index contributed by atoms with van der Waals surface area (Å²) in [5.41, 5.74) is 1.44. The molecule has 1 saturated carbocycles. The van der Waals surface area contributed by atoms with Crippen molar-refractivity contribution in [3.8, 4) is 0 Å². The van der Waals surface area contributed by atoms with E-state index in [4.69, 9.17) is 0 Å². The summed E-state index contributed by atoms with van der Waals surface area (Å²) in [7, 11) is 0. The topological polar surface area (TPSA) is 33.1 Å². The van der Waals surface area contributed by atoms with Crippen molar-refractivity contribution in [2.45, 2.75) is 38.2 Å². The van der Waals surface area contributed by atoms with Crippen molar-refractivity contribution in [1.29, 1.82) is 0 Å². The standard InChI is InChI=1S/C11H14BrNO/c1-8-6-9(7-13-10(8)12)11(14)4-2-3-5-11/h6-7,14H,2-5H2,1H3. The van der Waals surface area contributed by atoms with Gasteiger partial charge < -0.3 is 5.11 Å². The maximum Gasteiger partial charge on any atom is 0.108 e. The molecular weight excluding hydrogens is 242 g/mol. The van der Waals surface area contributed by atoms with Gasteiger partial charge in [0.05, 0.1) is 5.60 Å². The van der Waals surface area contributed by atoms with Crippen LogP contribution < -0.4 is 0 Å². The third-order valence-electron chi connectivity index (χ3n) is 2.98. The number of pyridine rings is 1. The lowest BCUT2D eigenvalue weighted by Crippen LogP contribution is -2.21. The molecule has 2 nitrogen and oxygen atoms in total. The number of rotatable bonds is 1. The fourth-order valence-corrected chi connectivity index (χ4v) is 2.28. The number of aromatic nitrogens is 1. The zero-order chi connectivity index (χ0) is 10.2. The molecule has 0 aromatic carbocycles. The Bertz CT molecular complexity index is 345. The van der Waals surface area contributed by atoms with E-state index in [1.807, 2.05) is 13.0 Å². The van der Waals surface area contributed by atoms with Crippen molar-refractivity contribution >= 4 is 15.9 Å². The zero-order valence-corrected chi connectivity index (χ0v) is 9.84. The molecule has 1 heterocycles. The predicted molar refractivity (Wildman–Crippen MR) is 59.0 cm³/mol. The molecule has 3 heteroatoms. The Kier molecular flexibility index (Phi) is 2.62. The molecule has 0 atom stereocenters. The van der Waals surface area contributed by atoms with Crippen LogP contribution in [0.25, 0.3) is 0 Å². The van der Waals surface area contributed by atoms with Gasteiger partial charge in [-0.05, 0) is 47.3 Å². The average Bonchev–Trinajstić information content (AvgIpc) is 2.58. The van der Waals surface area contributed by atoms with E-state index in [0.717, 1.165) is 41.4 Å². The maximum absolute atomic E-state index is 10.3. The Morgan fingerprint density at radius 1 is 1.43 bits per heavy atom. The number of hydrogen-bond donors (Lipinski definition) is 1. The first-order chi connectivity index (χ1) is 6.62. The molecule has 0 saturated heterocycles. The zero-order valence-electron chi connectivity index (χ0n) is 8.26. The molecule has 1 aliphatic carbocycles. The highest BCUT2D eigenvalue weighted by molar-refractivity contribution is 9.10. The summed E-state index contributed by atoms with van der Waals surface area (Å²) >= 11 is 3.36. The molecule has 1 aromatic heterocycles. The molecule has 1 fully saturated rings. The van der Waals surface area contributed by atoms with E-state index in [0.29, 0.717) is 0 Å². The van der Waals surface area contributed by atoms with E-state index in [9.17, 15) is 5.11 Å². The second-order valence-electron chi connectivity index (χ2n) is 4.07. The molecule has 1 aromatic rings. The van der Waals surface area contributed by atoms with Crippen LogP contribution in [-0.2, 0) is 5.60 Å². The smallest absolute Gasteiger partial charge is 0.108 e. The third kappa shape index (κ3) is 1.71. The van der Waals surface area contributed by atoms with E-state index in [1.54, 1.807) is 6.20 Å². The molecule has 1 aliphatic rings. The molecule has 0 aliphatic heterocycles. The number of aryl methyl sites for hydroxylation is 1. The lowest BCUT2D eigenvalue weighted by Gasteiger charge is -2.22. The van der Waals surface area contributed by atoms with Crippen molar-refractivity contribution in [2.75, 3.05) is 0 Å². The van der Waals surface area contributed by atoms with Crippen LogP contribution in [0.2, 0.25) is 0 Å². The van der Waals surface area contributed by atoms with Gasteiger partial charge in [-0.3, -0.25) is 0 Å². The summed E-state index contributed by atoms with van der Waals surface area (Å²) in [5, 5.41) is 10.3. The Morgan fingerprint density at radius 3 is 2.64 bits per heavy atom. The van der Waals surface area contributed by atoms with Crippen LogP contribution in [0.5, 0.6) is 0 Å². The fraction of sp³-hybridized carbons (Fsp3) is 0.545. The molecule has 14 heavy (non-hydrogen) atoms. The molecule has 0 amide bonds. The van der Waals surface area contributed by atoms with Gasteiger partial charge in [0.25, 0.3) is 0 Å². The van der Waals surface area contributed by atoms with E-state index >= 15 is 0 Å². The van der Waals surface area contributed by atoms with E-state index in [1.165, 1.54) is 0 Å². The van der Waals surface area contributed by atoms with Crippen LogP contribution in [0.4, 0.5) is 0 Å². The first kappa shape index (κ1) is 10.1. The van der Waals surface area contributed by atoms with Gasteiger partial charge in [-0.1, -0.05) is 12.8 Å². The maximum atomic E-state index is 10.3. The first-order valence-corrected chi connectivity index (χ1v) is 5.76. The number of aliphatic hydroxyl groups is 1. The number of hydrogen-bond acceptors (Lipinski definition) is 2. The summed E-state index contributed by atoms with van der Waals surface area (Å²) < 4.78 is 0.864. The van der Waals surface area contributed by atoms with Crippen LogP contribution in [-0.4, -0.2) is 10.1 Å². The summed E-state index contributed by atoms with van der Waals surface area (Å²) in [6, 6.07) is 2.03. The highest BCUT2D eigenvalue weighted by Crippen LogP contribution is 2.38. The van der Waals surface area contributed by atoms with E-state index < -0.39 is 5.60 Å². The monoisotopic (exact) mass is 255 g/mol. The second-order valence-corrected chi connectivity index (χ2v) is 4.82. The molecule has 2 rings (SSSR count). The van der Waals surface area contributed by atoms with Gasteiger partial charge in [-0.2, -0.15) is 0 Å². The lowest BCUT2D eigenvalue weighted by molar-refractivity contribution is 0.0440. The third-order valence-corrected chi connectivity index (χ3v) is 3.81. The van der Waals surface area contributed by atoms with Crippen molar-refractivity contribution in [3.63, 3.8) is 0 Å². The van der Waals surface area contributed by atoms with Crippen molar-refractivity contribution < 1.29 is 5.11 Å². The quantitative estimate of drug-likeness (QED) is 0.783. The van der Waals surface area contributed by atoms with Gasteiger partial charge in [0.2, 0.25) is 0 Å². The largest absolute Gasteiger partial charge is 0.385 e. The van der Waals surface area contributed by atoms with E-state index in [-0.39, 0.29) is 0 Å². The highest BCUT2D eigenvalue weighted by Gasteiger charge is 2.33. The average molecular weight is 256 g/mol. The van der Waals surface area contributed by atoms with Gasteiger partial charge in [-0.15, -0.1) is 0 Å². The van der Waals surface area contributed by atoms with Crippen LogP contribution in [0.3, 0.4) is 0 Å². The second kappa shape index (κ2) is 3.63. The minimum absolute atomic E-state index is 0.613. The molecule has 76 valence electrons. The van der Waals surface area contributed by atoms with Gasteiger partial charge in [0.1, 0.15) is 4.60 Å². The van der Waals surface area contributed by atoms with Crippen molar-refractivity contribution in [1.82, 2.24) is 4.98 Å². The van der Waals surface area contributed by atoms with Gasteiger partial charge in [0.15, 0.2) is 0 Å². The van der Waals surface area contributed by atoms with Gasteiger partial charge in [0, 0.05) is 11.8 Å². The summed E-state index contributed by atoms with van der Waals surface area (Å²) in [6.45, 7) is 2.00. The van der Waals surface area contributed by atoms with Crippen molar-refractivity contribution in [3.05, 3.63) is 28.0 Å². The van der Waals surface area contributed by atoms with Crippen LogP contribution >= 0.6 is 15.9 Å². The molecule has 1 N–H and O–H groups in total. The van der Waals surface area contributed by atoms with Crippen LogP contribution in [0, 0.1) is 6.92 Å². The minimum atomic E-state index is -0.613. The normalized spacial score (nSPS) is 19.9. The lowest BCUT2D eigenvalue weighted by atomic mass is 9.93.